The molecule has 0 aliphatic carbocycles. The number of hydrogen-bond acceptors (Lipinski definition) is 6. The van der Waals surface area contributed by atoms with Crippen LogP contribution in [-0.2, 0) is 11.3 Å². The molecule has 5 aromatic rings. The van der Waals surface area contributed by atoms with Crippen LogP contribution in [0, 0.1) is 11.6 Å². The summed E-state index contributed by atoms with van der Waals surface area (Å²) in [6, 6.07) is 18.7. The van der Waals surface area contributed by atoms with Gasteiger partial charge in [0, 0.05) is 30.3 Å². The number of piperidine rings is 1. The van der Waals surface area contributed by atoms with Crippen LogP contribution in [0.15, 0.2) is 83.0 Å². The lowest BCUT2D eigenvalue weighted by molar-refractivity contribution is -0.133. The standard InChI is InChI=1S/C29H24F2N6O2S/c30-21-7-3-19(4-8-21)28-32-29(20-5-9-22(31)10-6-20)36(34-28)18-27(39)35-15-13-23(14-16-35)37-26(38)12-11-24(33-37)25-2-1-17-40-25/h1-12,17,23H,13-16,18H2. The van der Waals surface area contributed by atoms with E-state index in [9.17, 15) is 18.4 Å². The van der Waals surface area contributed by atoms with Crippen molar-refractivity contribution in [3.8, 4) is 33.3 Å². The quantitative estimate of drug-likeness (QED) is 0.292. The van der Waals surface area contributed by atoms with Crippen molar-refractivity contribution in [2.24, 2.45) is 0 Å². The molecule has 0 unspecified atom stereocenters. The predicted molar refractivity (Wildman–Crippen MR) is 147 cm³/mol. The van der Waals surface area contributed by atoms with Gasteiger partial charge in [0.1, 0.15) is 23.9 Å². The van der Waals surface area contributed by atoms with Gasteiger partial charge in [-0.3, -0.25) is 9.59 Å². The third kappa shape index (κ3) is 5.32. The Hall–Kier alpha value is -4.51. The van der Waals surface area contributed by atoms with Gasteiger partial charge in [0.25, 0.3) is 5.56 Å². The molecule has 1 amide bonds. The second-order valence-electron chi connectivity index (χ2n) is 9.52. The fourth-order valence-electron chi connectivity index (χ4n) is 4.82. The zero-order valence-corrected chi connectivity index (χ0v) is 22.1. The van der Waals surface area contributed by atoms with Crippen LogP contribution >= 0.6 is 11.3 Å². The van der Waals surface area contributed by atoms with Crippen LogP contribution in [-0.4, -0.2) is 48.4 Å². The van der Waals surface area contributed by atoms with E-state index in [0.717, 1.165) is 10.6 Å². The van der Waals surface area contributed by atoms with E-state index in [1.165, 1.54) is 33.6 Å². The lowest BCUT2D eigenvalue weighted by Gasteiger charge is -2.32. The average Bonchev–Trinajstić information content (AvgIpc) is 3.65. The highest BCUT2D eigenvalue weighted by molar-refractivity contribution is 7.13. The summed E-state index contributed by atoms with van der Waals surface area (Å²) in [5.74, 6) is -0.172. The first-order chi connectivity index (χ1) is 19.4. The molecule has 40 heavy (non-hydrogen) atoms. The molecule has 1 aliphatic rings. The van der Waals surface area contributed by atoms with E-state index < -0.39 is 0 Å². The third-order valence-corrected chi connectivity index (χ3v) is 7.82. The van der Waals surface area contributed by atoms with E-state index in [2.05, 4.69) is 15.2 Å². The zero-order valence-electron chi connectivity index (χ0n) is 21.3. The number of thiophene rings is 1. The molecule has 0 N–H and O–H groups in total. The molecule has 2 aromatic carbocycles. The fraction of sp³-hybridized carbons (Fsp3) is 0.207. The summed E-state index contributed by atoms with van der Waals surface area (Å²) < 4.78 is 30.1. The summed E-state index contributed by atoms with van der Waals surface area (Å²) in [5.41, 5.74) is 1.79. The Morgan fingerprint density at radius 1 is 0.875 bits per heavy atom. The van der Waals surface area contributed by atoms with Gasteiger partial charge < -0.3 is 4.90 Å². The van der Waals surface area contributed by atoms with Crippen molar-refractivity contribution in [1.29, 1.82) is 0 Å². The second-order valence-corrected chi connectivity index (χ2v) is 10.5. The fourth-order valence-corrected chi connectivity index (χ4v) is 5.51. The number of halogens is 2. The van der Waals surface area contributed by atoms with Crippen LogP contribution in [0.4, 0.5) is 8.78 Å². The summed E-state index contributed by atoms with van der Waals surface area (Å²) in [6.45, 7) is 0.857. The Bertz CT molecular complexity index is 1690. The van der Waals surface area contributed by atoms with Gasteiger partial charge in [-0.2, -0.15) is 5.10 Å². The van der Waals surface area contributed by atoms with Gasteiger partial charge in [0.15, 0.2) is 11.6 Å². The maximum atomic E-state index is 13.6. The highest BCUT2D eigenvalue weighted by atomic mass is 32.1. The number of carbonyl (C=O) groups excluding carboxylic acids is 1. The lowest BCUT2D eigenvalue weighted by Crippen LogP contribution is -2.42. The van der Waals surface area contributed by atoms with E-state index in [1.54, 1.807) is 52.6 Å². The van der Waals surface area contributed by atoms with Crippen molar-refractivity contribution in [2.75, 3.05) is 13.1 Å². The Balaban J connectivity index is 1.19. The summed E-state index contributed by atoms with van der Waals surface area (Å²) in [6.07, 6.45) is 1.19. The Morgan fingerprint density at radius 3 is 2.20 bits per heavy atom. The van der Waals surface area contributed by atoms with Crippen molar-refractivity contribution in [1.82, 2.24) is 29.4 Å². The van der Waals surface area contributed by atoms with Gasteiger partial charge in [-0.05, 0) is 78.9 Å². The molecule has 1 saturated heterocycles. The molecular formula is C29H24F2N6O2S. The maximum absolute atomic E-state index is 13.6. The third-order valence-electron chi connectivity index (χ3n) is 6.92. The molecule has 4 heterocycles. The SMILES string of the molecule is O=C(Cn1nc(-c2ccc(F)cc2)nc1-c1ccc(F)cc1)N1CCC(n2nc(-c3cccs3)ccc2=O)CC1. The van der Waals surface area contributed by atoms with Crippen molar-refractivity contribution >= 4 is 17.2 Å². The number of nitrogens with zero attached hydrogens (tertiary/aromatic N) is 6. The normalized spacial score (nSPS) is 14.0. The van der Waals surface area contributed by atoms with Gasteiger partial charge in [-0.15, -0.1) is 16.4 Å². The van der Waals surface area contributed by atoms with Crippen molar-refractivity contribution < 1.29 is 13.6 Å². The van der Waals surface area contributed by atoms with Crippen LogP contribution in [0.5, 0.6) is 0 Å². The van der Waals surface area contributed by atoms with Crippen molar-refractivity contribution in [3.05, 3.63) is 100 Å². The molecule has 0 atom stereocenters. The van der Waals surface area contributed by atoms with Crippen LogP contribution in [0.25, 0.3) is 33.3 Å². The molecule has 0 radical (unpaired) electrons. The van der Waals surface area contributed by atoms with Crippen molar-refractivity contribution in [2.45, 2.75) is 25.4 Å². The number of carbonyl (C=O) groups is 1. The molecule has 1 fully saturated rings. The molecule has 6 rings (SSSR count). The molecule has 0 spiro atoms. The molecule has 0 saturated carbocycles. The number of rotatable bonds is 6. The molecule has 1 aliphatic heterocycles. The van der Waals surface area contributed by atoms with Crippen molar-refractivity contribution in [3.63, 3.8) is 0 Å². The first-order valence-corrected chi connectivity index (χ1v) is 13.7. The number of benzene rings is 2. The van der Waals surface area contributed by atoms with Crippen LogP contribution in [0.2, 0.25) is 0 Å². The average molecular weight is 559 g/mol. The molecule has 0 bridgehead atoms. The van der Waals surface area contributed by atoms with Crippen LogP contribution in [0.3, 0.4) is 0 Å². The van der Waals surface area contributed by atoms with Crippen LogP contribution in [0.1, 0.15) is 18.9 Å². The minimum atomic E-state index is -0.387. The number of aromatic nitrogens is 5. The topological polar surface area (TPSA) is 85.9 Å². The Labute approximate surface area is 232 Å². The van der Waals surface area contributed by atoms with Gasteiger partial charge in [0.05, 0.1) is 10.9 Å². The van der Waals surface area contributed by atoms with E-state index in [0.29, 0.717) is 48.7 Å². The zero-order chi connectivity index (χ0) is 27.6. The van der Waals surface area contributed by atoms with E-state index in [-0.39, 0.29) is 35.7 Å². The largest absolute Gasteiger partial charge is 0.341 e. The van der Waals surface area contributed by atoms with E-state index in [4.69, 9.17) is 0 Å². The van der Waals surface area contributed by atoms with Gasteiger partial charge >= 0.3 is 0 Å². The molecule has 3 aromatic heterocycles. The Morgan fingerprint density at radius 2 is 1.55 bits per heavy atom. The van der Waals surface area contributed by atoms with Gasteiger partial charge in [0.2, 0.25) is 5.91 Å². The smallest absolute Gasteiger partial charge is 0.267 e. The van der Waals surface area contributed by atoms with E-state index in [1.807, 2.05) is 17.5 Å². The Kier molecular flexibility index (Phi) is 7.04. The molecule has 8 nitrogen and oxygen atoms in total. The van der Waals surface area contributed by atoms with Crippen LogP contribution < -0.4 is 5.56 Å². The first-order valence-electron chi connectivity index (χ1n) is 12.8. The minimum absolute atomic E-state index is 0.0718. The summed E-state index contributed by atoms with van der Waals surface area (Å²) in [5, 5.41) is 11.1. The first kappa shape index (κ1) is 25.8. The van der Waals surface area contributed by atoms with Gasteiger partial charge in [-0.1, -0.05) is 6.07 Å². The predicted octanol–water partition coefficient (Wildman–Crippen LogP) is 5.04. The number of likely N-dealkylation sites (tertiary alicyclic amines) is 1. The monoisotopic (exact) mass is 558 g/mol. The highest BCUT2D eigenvalue weighted by Gasteiger charge is 2.27. The van der Waals surface area contributed by atoms with E-state index >= 15 is 0 Å². The lowest BCUT2D eigenvalue weighted by atomic mass is 10.1. The second kappa shape index (κ2) is 10.9. The number of hydrogen-bond donors (Lipinski definition) is 0. The highest BCUT2D eigenvalue weighted by Crippen LogP contribution is 2.26. The summed E-state index contributed by atoms with van der Waals surface area (Å²) in [4.78, 5) is 33.3. The summed E-state index contributed by atoms with van der Waals surface area (Å²) >= 11 is 1.56. The van der Waals surface area contributed by atoms with Gasteiger partial charge in [-0.25, -0.2) is 23.1 Å². The maximum Gasteiger partial charge on any atom is 0.267 e. The molecule has 202 valence electrons. The summed E-state index contributed by atoms with van der Waals surface area (Å²) in [7, 11) is 0. The molecular weight excluding hydrogens is 534 g/mol. The minimum Gasteiger partial charge on any atom is -0.341 e. The number of amides is 1. The molecule has 11 heteroatoms.